The molecule has 1 fully saturated rings. The molecule has 1 saturated carbocycles. The SMILES string of the molecule is Cc1cc(C)n(CCCNC(=O)NC2(C(=O)O)CC2)n1. The summed E-state index contributed by atoms with van der Waals surface area (Å²) in [5.74, 6) is -0.963. The van der Waals surface area contributed by atoms with Crippen molar-refractivity contribution in [2.45, 2.75) is 45.2 Å². The van der Waals surface area contributed by atoms with Crippen molar-refractivity contribution in [3.8, 4) is 0 Å². The molecule has 0 radical (unpaired) electrons. The molecule has 2 amide bonds. The molecule has 7 nitrogen and oxygen atoms in total. The van der Waals surface area contributed by atoms with Crippen molar-refractivity contribution in [2.24, 2.45) is 0 Å². The van der Waals surface area contributed by atoms with E-state index >= 15 is 0 Å². The summed E-state index contributed by atoms with van der Waals surface area (Å²) < 4.78 is 1.90. The Morgan fingerprint density at radius 1 is 1.45 bits per heavy atom. The molecule has 1 heterocycles. The monoisotopic (exact) mass is 280 g/mol. The number of carboxylic acid groups (broad SMARTS) is 1. The molecule has 0 aromatic carbocycles. The lowest BCUT2D eigenvalue weighted by molar-refractivity contribution is -0.140. The first-order valence-corrected chi connectivity index (χ1v) is 6.73. The molecule has 20 heavy (non-hydrogen) atoms. The fourth-order valence-electron chi connectivity index (χ4n) is 2.11. The standard InChI is InChI=1S/C13H20N4O3/c1-9-8-10(2)17(16-9)7-3-6-14-12(20)15-13(4-5-13)11(18)19/h8H,3-7H2,1-2H3,(H,18,19)(H2,14,15,20). The predicted molar refractivity (Wildman–Crippen MR) is 72.5 cm³/mol. The van der Waals surface area contributed by atoms with E-state index in [-0.39, 0.29) is 0 Å². The molecule has 1 aliphatic carbocycles. The number of urea groups is 1. The van der Waals surface area contributed by atoms with E-state index in [0.717, 1.165) is 24.4 Å². The van der Waals surface area contributed by atoms with E-state index in [0.29, 0.717) is 19.4 Å². The van der Waals surface area contributed by atoms with Gasteiger partial charge < -0.3 is 15.7 Å². The second-order valence-electron chi connectivity index (χ2n) is 5.27. The van der Waals surface area contributed by atoms with Crippen molar-refractivity contribution in [2.75, 3.05) is 6.54 Å². The maximum Gasteiger partial charge on any atom is 0.329 e. The fourth-order valence-corrected chi connectivity index (χ4v) is 2.11. The van der Waals surface area contributed by atoms with E-state index in [2.05, 4.69) is 15.7 Å². The first-order valence-electron chi connectivity index (χ1n) is 6.73. The molecule has 0 saturated heterocycles. The highest BCUT2D eigenvalue weighted by Crippen LogP contribution is 2.35. The summed E-state index contributed by atoms with van der Waals surface area (Å²) in [6.07, 6.45) is 1.75. The van der Waals surface area contributed by atoms with Crippen LogP contribution in [0.1, 0.15) is 30.7 Å². The third-order valence-corrected chi connectivity index (χ3v) is 3.45. The van der Waals surface area contributed by atoms with Gasteiger partial charge in [-0.3, -0.25) is 4.68 Å². The van der Waals surface area contributed by atoms with E-state index in [1.807, 2.05) is 24.6 Å². The van der Waals surface area contributed by atoms with Gasteiger partial charge in [-0.1, -0.05) is 0 Å². The minimum atomic E-state index is -1.03. The van der Waals surface area contributed by atoms with Gasteiger partial charge >= 0.3 is 12.0 Å². The molecule has 0 aliphatic heterocycles. The Morgan fingerprint density at radius 2 is 2.15 bits per heavy atom. The van der Waals surface area contributed by atoms with Crippen LogP contribution in [0.2, 0.25) is 0 Å². The number of aliphatic carboxylic acids is 1. The number of nitrogens with zero attached hydrogens (tertiary/aromatic N) is 2. The summed E-state index contributed by atoms with van der Waals surface area (Å²) in [4.78, 5) is 22.5. The summed E-state index contributed by atoms with van der Waals surface area (Å²) >= 11 is 0. The summed E-state index contributed by atoms with van der Waals surface area (Å²) in [5, 5.41) is 18.5. The molecule has 0 unspecified atom stereocenters. The van der Waals surface area contributed by atoms with Gasteiger partial charge in [-0.05, 0) is 39.2 Å². The average molecular weight is 280 g/mol. The Hall–Kier alpha value is -2.05. The second kappa shape index (κ2) is 5.52. The molecule has 7 heteroatoms. The second-order valence-corrected chi connectivity index (χ2v) is 5.27. The van der Waals surface area contributed by atoms with Crippen LogP contribution >= 0.6 is 0 Å². The van der Waals surface area contributed by atoms with Crippen molar-refractivity contribution >= 4 is 12.0 Å². The van der Waals surface area contributed by atoms with Crippen molar-refractivity contribution in [1.29, 1.82) is 0 Å². The van der Waals surface area contributed by atoms with Gasteiger partial charge in [-0.2, -0.15) is 5.10 Å². The van der Waals surface area contributed by atoms with Gasteiger partial charge in [-0.15, -0.1) is 0 Å². The van der Waals surface area contributed by atoms with Gasteiger partial charge in [0, 0.05) is 18.8 Å². The molecular formula is C13H20N4O3. The third-order valence-electron chi connectivity index (χ3n) is 3.45. The van der Waals surface area contributed by atoms with Crippen LogP contribution in [0.5, 0.6) is 0 Å². The van der Waals surface area contributed by atoms with Crippen LogP contribution < -0.4 is 10.6 Å². The lowest BCUT2D eigenvalue weighted by Crippen LogP contribution is -2.48. The quantitative estimate of drug-likeness (QED) is 0.672. The normalized spacial score (nSPS) is 15.7. The van der Waals surface area contributed by atoms with Crippen LogP contribution in [-0.2, 0) is 11.3 Å². The smallest absolute Gasteiger partial charge is 0.329 e. The molecule has 1 aromatic rings. The maximum absolute atomic E-state index is 11.6. The van der Waals surface area contributed by atoms with Crippen molar-refractivity contribution in [3.05, 3.63) is 17.5 Å². The molecule has 0 atom stereocenters. The van der Waals surface area contributed by atoms with E-state index in [1.54, 1.807) is 0 Å². The number of hydrogen-bond donors (Lipinski definition) is 3. The number of hydrogen-bond acceptors (Lipinski definition) is 3. The third kappa shape index (κ3) is 3.28. The van der Waals surface area contributed by atoms with Crippen LogP contribution in [0.15, 0.2) is 6.07 Å². The van der Waals surface area contributed by atoms with E-state index in [4.69, 9.17) is 5.11 Å². The van der Waals surface area contributed by atoms with Crippen LogP contribution in [0, 0.1) is 13.8 Å². The van der Waals surface area contributed by atoms with Crippen LogP contribution in [0.25, 0.3) is 0 Å². The number of carbonyl (C=O) groups is 2. The van der Waals surface area contributed by atoms with Gasteiger partial charge in [0.2, 0.25) is 0 Å². The maximum atomic E-state index is 11.6. The van der Waals surface area contributed by atoms with Crippen LogP contribution in [0.4, 0.5) is 4.79 Å². The van der Waals surface area contributed by atoms with Crippen molar-refractivity contribution in [3.63, 3.8) is 0 Å². The molecule has 0 spiro atoms. The summed E-state index contributed by atoms with van der Waals surface area (Å²) in [7, 11) is 0. The Bertz CT molecular complexity index is 520. The van der Waals surface area contributed by atoms with Gasteiger partial charge in [0.05, 0.1) is 5.69 Å². The molecule has 110 valence electrons. The number of amides is 2. The summed E-state index contributed by atoms with van der Waals surface area (Å²) in [5.41, 5.74) is 1.04. The van der Waals surface area contributed by atoms with Crippen molar-refractivity contribution in [1.82, 2.24) is 20.4 Å². The Labute approximate surface area is 117 Å². The van der Waals surface area contributed by atoms with Gasteiger partial charge in [-0.25, -0.2) is 9.59 Å². The zero-order valence-electron chi connectivity index (χ0n) is 11.8. The van der Waals surface area contributed by atoms with Crippen LogP contribution in [-0.4, -0.2) is 39.0 Å². The van der Waals surface area contributed by atoms with Gasteiger partial charge in [0.1, 0.15) is 5.54 Å². The zero-order valence-corrected chi connectivity index (χ0v) is 11.8. The average Bonchev–Trinajstić information content (AvgIpc) is 3.06. The molecular weight excluding hydrogens is 260 g/mol. The van der Waals surface area contributed by atoms with E-state index in [9.17, 15) is 9.59 Å². The largest absolute Gasteiger partial charge is 0.480 e. The summed E-state index contributed by atoms with van der Waals surface area (Å²) in [6.45, 7) is 5.14. The van der Waals surface area contributed by atoms with Gasteiger partial charge in [0.15, 0.2) is 0 Å². The molecule has 1 aliphatic rings. The number of aryl methyl sites for hydroxylation is 3. The topological polar surface area (TPSA) is 96.2 Å². The first kappa shape index (κ1) is 14.4. The van der Waals surface area contributed by atoms with E-state index in [1.165, 1.54) is 0 Å². The highest BCUT2D eigenvalue weighted by atomic mass is 16.4. The zero-order chi connectivity index (χ0) is 14.8. The lowest BCUT2D eigenvalue weighted by Gasteiger charge is -2.13. The summed E-state index contributed by atoms with van der Waals surface area (Å²) in [6, 6.07) is 1.59. The molecule has 0 bridgehead atoms. The molecule has 2 rings (SSSR count). The number of rotatable bonds is 6. The molecule has 3 N–H and O–H groups in total. The Kier molecular flexibility index (Phi) is 3.96. The van der Waals surface area contributed by atoms with Crippen LogP contribution in [0.3, 0.4) is 0 Å². The van der Waals surface area contributed by atoms with Gasteiger partial charge in [0.25, 0.3) is 0 Å². The number of nitrogens with one attached hydrogen (secondary N) is 2. The molecule has 1 aromatic heterocycles. The lowest BCUT2D eigenvalue weighted by atomic mass is 10.3. The minimum absolute atomic E-state index is 0.418. The van der Waals surface area contributed by atoms with E-state index < -0.39 is 17.5 Å². The highest BCUT2D eigenvalue weighted by molar-refractivity contribution is 5.88. The number of aromatic nitrogens is 2. The number of carbonyl (C=O) groups excluding carboxylic acids is 1. The Morgan fingerprint density at radius 3 is 2.65 bits per heavy atom. The predicted octanol–water partition coefficient (Wildman–Crippen LogP) is 0.806. The highest BCUT2D eigenvalue weighted by Gasteiger charge is 2.51. The minimum Gasteiger partial charge on any atom is -0.480 e. The Balaban J connectivity index is 1.67. The van der Waals surface area contributed by atoms with Crippen molar-refractivity contribution < 1.29 is 14.7 Å². The fraction of sp³-hybridized carbons (Fsp3) is 0.615. The first-order chi connectivity index (χ1) is 9.43. The number of carboxylic acids is 1.